The molecule has 0 radical (unpaired) electrons. The van der Waals surface area contributed by atoms with Crippen molar-refractivity contribution in [2.24, 2.45) is 0 Å². The predicted molar refractivity (Wildman–Crippen MR) is 77.1 cm³/mol. The van der Waals surface area contributed by atoms with Crippen molar-refractivity contribution in [2.45, 2.75) is 31.8 Å². The molecular weight excluding hydrogens is 253 g/mol. The van der Waals surface area contributed by atoms with E-state index in [2.05, 4.69) is 5.32 Å². The van der Waals surface area contributed by atoms with Crippen LogP contribution < -0.4 is 5.32 Å². The Morgan fingerprint density at radius 3 is 2.90 bits per heavy atom. The Hall–Kier alpha value is -1.87. The molecule has 0 heterocycles. The Bertz CT molecular complexity index is 626. The number of hydrogen-bond acceptors (Lipinski definition) is 2. The molecular formula is C17H18FNO. The molecule has 0 fully saturated rings. The first-order valence-electron chi connectivity index (χ1n) is 6.97. The van der Waals surface area contributed by atoms with Gasteiger partial charge in [-0.15, -0.1) is 0 Å². The molecule has 0 spiro atoms. The van der Waals surface area contributed by atoms with E-state index in [1.807, 2.05) is 25.1 Å². The van der Waals surface area contributed by atoms with Gasteiger partial charge in [-0.2, -0.15) is 0 Å². The van der Waals surface area contributed by atoms with E-state index < -0.39 is 0 Å². The number of phenols is 1. The van der Waals surface area contributed by atoms with E-state index in [1.54, 1.807) is 18.2 Å². The summed E-state index contributed by atoms with van der Waals surface area (Å²) in [5.74, 6) is 0.121. The molecule has 0 saturated heterocycles. The van der Waals surface area contributed by atoms with E-state index in [9.17, 15) is 9.50 Å². The Labute approximate surface area is 118 Å². The lowest BCUT2D eigenvalue weighted by Crippen LogP contribution is -2.23. The zero-order chi connectivity index (χ0) is 14.1. The predicted octanol–water partition coefficient (Wildman–Crippen LogP) is 3.87. The number of halogens is 1. The molecule has 2 nitrogen and oxygen atoms in total. The molecule has 0 aromatic heterocycles. The average molecular weight is 271 g/mol. The fourth-order valence-corrected chi connectivity index (χ4v) is 2.95. The molecule has 20 heavy (non-hydrogen) atoms. The van der Waals surface area contributed by atoms with Crippen LogP contribution in [0.2, 0.25) is 0 Å². The van der Waals surface area contributed by atoms with E-state index in [1.165, 1.54) is 17.2 Å². The summed E-state index contributed by atoms with van der Waals surface area (Å²) < 4.78 is 13.3. The fourth-order valence-electron chi connectivity index (χ4n) is 2.95. The van der Waals surface area contributed by atoms with Crippen LogP contribution in [0.5, 0.6) is 5.75 Å². The molecule has 104 valence electrons. The smallest absolute Gasteiger partial charge is 0.123 e. The monoisotopic (exact) mass is 271 g/mol. The second kappa shape index (κ2) is 5.25. The molecule has 2 aromatic carbocycles. The maximum atomic E-state index is 13.3. The van der Waals surface area contributed by atoms with Crippen molar-refractivity contribution in [1.82, 2.24) is 5.32 Å². The van der Waals surface area contributed by atoms with Gasteiger partial charge in [0.1, 0.15) is 11.6 Å². The maximum absolute atomic E-state index is 13.3. The van der Waals surface area contributed by atoms with Gasteiger partial charge in [0.2, 0.25) is 0 Å². The number of aromatic hydroxyl groups is 1. The summed E-state index contributed by atoms with van der Waals surface area (Å²) in [6.07, 6.45) is 1.98. The second-order valence-corrected chi connectivity index (χ2v) is 5.42. The van der Waals surface area contributed by atoms with Crippen LogP contribution in [0, 0.1) is 5.82 Å². The first-order valence-corrected chi connectivity index (χ1v) is 6.97. The van der Waals surface area contributed by atoms with Gasteiger partial charge in [-0.25, -0.2) is 4.39 Å². The second-order valence-electron chi connectivity index (χ2n) is 5.42. The molecule has 2 atom stereocenters. The molecule has 1 unspecified atom stereocenters. The Morgan fingerprint density at radius 2 is 2.10 bits per heavy atom. The number of benzene rings is 2. The Kier molecular flexibility index (Phi) is 3.45. The molecule has 1 aliphatic rings. The van der Waals surface area contributed by atoms with Crippen LogP contribution in [-0.4, -0.2) is 5.11 Å². The molecule has 0 bridgehead atoms. The SMILES string of the molecule is C[C@@H](NC1CCc2cc(O)ccc21)c1cccc(F)c1. The lowest BCUT2D eigenvalue weighted by molar-refractivity contribution is 0.462. The highest BCUT2D eigenvalue weighted by atomic mass is 19.1. The van der Waals surface area contributed by atoms with Crippen LogP contribution in [0.25, 0.3) is 0 Å². The third-order valence-electron chi connectivity index (χ3n) is 4.00. The highest BCUT2D eigenvalue weighted by Gasteiger charge is 2.24. The third kappa shape index (κ3) is 2.54. The lowest BCUT2D eigenvalue weighted by atomic mass is 10.0. The maximum Gasteiger partial charge on any atom is 0.123 e. The van der Waals surface area contributed by atoms with Gasteiger partial charge in [0.15, 0.2) is 0 Å². The minimum absolute atomic E-state index is 0.0930. The molecule has 2 aromatic rings. The van der Waals surface area contributed by atoms with Crippen LogP contribution in [0.15, 0.2) is 42.5 Å². The molecule has 0 aliphatic heterocycles. The van der Waals surface area contributed by atoms with Gasteiger partial charge >= 0.3 is 0 Å². The van der Waals surface area contributed by atoms with E-state index in [0.717, 1.165) is 18.4 Å². The van der Waals surface area contributed by atoms with Crippen molar-refractivity contribution in [3.8, 4) is 5.75 Å². The quantitative estimate of drug-likeness (QED) is 0.888. The van der Waals surface area contributed by atoms with Crippen molar-refractivity contribution >= 4 is 0 Å². The average Bonchev–Trinajstić information content (AvgIpc) is 2.81. The number of aryl methyl sites for hydroxylation is 1. The van der Waals surface area contributed by atoms with Crippen molar-refractivity contribution < 1.29 is 9.50 Å². The van der Waals surface area contributed by atoms with Crippen molar-refractivity contribution in [1.29, 1.82) is 0 Å². The summed E-state index contributed by atoms with van der Waals surface area (Å²) in [5.41, 5.74) is 3.40. The molecule has 1 aliphatic carbocycles. The van der Waals surface area contributed by atoms with E-state index in [4.69, 9.17) is 0 Å². The number of hydrogen-bond donors (Lipinski definition) is 2. The molecule has 3 rings (SSSR count). The molecule has 0 saturated carbocycles. The summed E-state index contributed by atoms with van der Waals surface area (Å²) in [7, 11) is 0. The van der Waals surface area contributed by atoms with Crippen molar-refractivity contribution in [3.63, 3.8) is 0 Å². The topological polar surface area (TPSA) is 32.3 Å². The van der Waals surface area contributed by atoms with Crippen LogP contribution in [0.4, 0.5) is 4.39 Å². The van der Waals surface area contributed by atoms with Gasteiger partial charge in [-0.1, -0.05) is 18.2 Å². The van der Waals surface area contributed by atoms with Crippen LogP contribution in [-0.2, 0) is 6.42 Å². The summed E-state index contributed by atoms with van der Waals surface area (Å²) in [6.45, 7) is 2.05. The van der Waals surface area contributed by atoms with E-state index in [0.29, 0.717) is 5.75 Å². The number of fused-ring (bicyclic) bond motifs is 1. The minimum atomic E-state index is -0.201. The molecule has 0 amide bonds. The van der Waals surface area contributed by atoms with Crippen LogP contribution in [0.3, 0.4) is 0 Å². The highest BCUT2D eigenvalue weighted by molar-refractivity contribution is 5.40. The number of phenolic OH excluding ortho intramolecular Hbond substituents is 1. The lowest BCUT2D eigenvalue weighted by Gasteiger charge is -2.21. The van der Waals surface area contributed by atoms with Gasteiger partial charge in [-0.05, 0) is 60.7 Å². The summed E-state index contributed by atoms with van der Waals surface area (Å²) >= 11 is 0. The van der Waals surface area contributed by atoms with E-state index >= 15 is 0 Å². The highest BCUT2D eigenvalue weighted by Crippen LogP contribution is 2.34. The summed E-state index contributed by atoms with van der Waals surface area (Å²) in [5, 5.41) is 13.1. The van der Waals surface area contributed by atoms with Gasteiger partial charge in [0.05, 0.1) is 0 Å². The summed E-state index contributed by atoms with van der Waals surface area (Å²) in [4.78, 5) is 0. The van der Waals surface area contributed by atoms with Crippen LogP contribution in [0.1, 0.15) is 42.1 Å². The van der Waals surface area contributed by atoms with Crippen molar-refractivity contribution in [3.05, 3.63) is 65.0 Å². The van der Waals surface area contributed by atoms with E-state index in [-0.39, 0.29) is 17.9 Å². The van der Waals surface area contributed by atoms with Gasteiger partial charge < -0.3 is 10.4 Å². The van der Waals surface area contributed by atoms with Gasteiger partial charge in [0, 0.05) is 12.1 Å². The number of rotatable bonds is 3. The first kappa shape index (κ1) is 13.1. The normalized spacial score (nSPS) is 18.8. The zero-order valence-corrected chi connectivity index (χ0v) is 11.4. The Balaban J connectivity index is 1.77. The minimum Gasteiger partial charge on any atom is -0.508 e. The van der Waals surface area contributed by atoms with Crippen molar-refractivity contribution in [2.75, 3.05) is 0 Å². The van der Waals surface area contributed by atoms with Crippen LogP contribution >= 0.6 is 0 Å². The summed E-state index contributed by atoms with van der Waals surface area (Å²) in [6, 6.07) is 12.6. The van der Waals surface area contributed by atoms with Gasteiger partial charge in [-0.3, -0.25) is 0 Å². The molecule has 3 heteroatoms. The molecule has 2 N–H and O–H groups in total. The largest absolute Gasteiger partial charge is 0.508 e. The Morgan fingerprint density at radius 1 is 1.25 bits per heavy atom. The number of nitrogens with one attached hydrogen (secondary N) is 1. The first-order chi connectivity index (χ1) is 9.63. The standard InChI is InChI=1S/C17H18FNO/c1-11(12-3-2-4-14(18)9-12)19-17-8-5-13-10-15(20)6-7-16(13)17/h2-4,6-7,9-11,17,19-20H,5,8H2,1H3/t11-,17?/m1/s1. The van der Waals surface area contributed by atoms with Gasteiger partial charge in [0.25, 0.3) is 0 Å². The zero-order valence-electron chi connectivity index (χ0n) is 11.4. The fraction of sp³-hybridized carbons (Fsp3) is 0.294. The third-order valence-corrected chi connectivity index (χ3v) is 4.00.